The van der Waals surface area contributed by atoms with E-state index in [4.69, 9.17) is 10.8 Å². The van der Waals surface area contributed by atoms with Gasteiger partial charge >= 0.3 is 5.97 Å². The van der Waals surface area contributed by atoms with Crippen molar-refractivity contribution in [3.63, 3.8) is 0 Å². The summed E-state index contributed by atoms with van der Waals surface area (Å²) in [6.07, 6.45) is 2.87. The fourth-order valence-corrected chi connectivity index (χ4v) is 2.17. The number of carboxylic acids is 1. The molecular formula is C12H24N2O2. The van der Waals surface area contributed by atoms with Gasteiger partial charge in [-0.2, -0.15) is 0 Å². The van der Waals surface area contributed by atoms with Crippen molar-refractivity contribution in [2.75, 3.05) is 13.1 Å². The molecule has 0 amide bonds. The van der Waals surface area contributed by atoms with Gasteiger partial charge in [-0.25, -0.2) is 0 Å². The molecule has 16 heavy (non-hydrogen) atoms. The molecule has 1 heterocycles. The molecule has 1 aliphatic heterocycles. The Balaban J connectivity index is 2.43. The molecule has 0 aromatic heterocycles. The van der Waals surface area contributed by atoms with Crippen LogP contribution in [0.4, 0.5) is 0 Å². The average Bonchev–Trinajstić information content (AvgIpc) is 2.59. The van der Waals surface area contributed by atoms with E-state index < -0.39 is 11.5 Å². The second-order valence-electron chi connectivity index (χ2n) is 5.50. The van der Waals surface area contributed by atoms with Crippen LogP contribution in [0.2, 0.25) is 0 Å². The lowest BCUT2D eigenvalue weighted by Gasteiger charge is -2.26. The molecule has 2 atom stereocenters. The van der Waals surface area contributed by atoms with Crippen molar-refractivity contribution in [3.8, 4) is 0 Å². The second kappa shape index (κ2) is 5.15. The molecule has 1 aliphatic rings. The topological polar surface area (TPSA) is 66.6 Å². The number of carboxylic acid groups (broad SMARTS) is 1. The van der Waals surface area contributed by atoms with Crippen LogP contribution in [0.15, 0.2) is 0 Å². The zero-order valence-electron chi connectivity index (χ0n) is 10.6. The molecule has 1 saturated heterocycles. The molecule has 4 heteroatoms. The van der Waals surface area contributed by atoms with Crippen LogP contribution in [-0.2, 0) is 4.79 Å². The first kappa shape index (κ1) is 13.5. The molecular weight excluding hydrogens is 204 g/mol. The summed E-state index contributed by atoms with van der Waals surface area (Å²) in [5.74, 6) is -0.168. The molecule has 0 aromatic rings. The van der Waals surface area contributed by atoms with E-state index >= 15 is 0 Å². The van der Waals surface area contributed by atoms with Crippen molar-refractivity contribution in [1.29, 1.82) is 0 Å². The Hall–Kier alpha value is -0.610. The van der Waals surface area contributed by atoms with Gasteiger partial charge in [-0.15, -0.1) is 0 Å². The largest absolute Gasteiger partial charge is 0.480 e. The smallest absolute Gasteiger partial charge is 0.325 e. The minimum Gasteiger partial charge on any atom is -0.480 e. The number of aliphatic carboxylic acids is 1. The summed E-state index contributed by atoms with van der Waals surface area (Å²) in [7, 11) is 0. The predicted molar refractivity (Wildman–Crippen MR) is 64.3 cm³/mol. The Labute approximate surface area is 97.8 Å². The van der Waals surface area contributed by atoms with Gasteiger partial charge in [0.2, 0.25) is 0 Å². The normalized spacial score (nSPS) is 28.6. The quantitative estimate of drug-likeness (QED) is 0.744. The van der Waals surface area contributed by atoms with Crippen LogP contribution >= 0.6 is 0 Å². The van der Waals surface area contributed by atoms with Gasteiger partial charge in [0.1, 0.15) is 5.54 Å². The van der Waals surface area contributed by atoms with E-state index in [1.54, 1.807) is 0 Å². The molecule has 3 N–H and O–H groups in total. The Bertz CT molecular complexity index is 255. The van der Waals surface area contributed by atoms with Crippen molar-refractivity contribution < 1.29 is 9.90 Å². The zero-order valence-corrected chi connectivity index (χ0v) is 10.6. The molecule has 0 aliphatic carbocycles. The summed E-state index contributed by atoms with van der Waals surface area (Å²) < 4.78 is 0. The van der Waals surface area contributed by atoms with Crippen molar-refractivity contribution in [2.24, 2.45) is 11.7 Å². The van der Waals surface area contributed by atoms with Gasteiger partial charge < -0.3 is 10.8 Å². The highest BCUT2D eigenvalue weighted by molar-refractivity contribution is 5.79. The van der Waals surface area contributed by atoms with E-state index in [9.17, 15) is 4.79 Å². The maximum atomic E-state index is 11.0. The first-order valence-electron chi connectivity index (χ1n) is 6.11. The third kappa shape index (κ3) is 3.19. The SMILES string of the molecule is CC(C)CCC(C)N1CCC(N)(C(=O)O)C1. The van der Waals surface area contributed by atoms with Gasteiger partial charge in [0.15, 0.2) is 0 Å². The average molecular weight is 228 g/mol. The molecule has 0 bridgehead atoms. The minimum absolute atomic E-state index is 0.437. The first-order chi connectivity index (χ1) is 7.35. The molecule has 0 radical (unpaired) electrons. The number of hydrogen-bond acceptors (Lipinski definition) is 3. The van der Waals surface area contributed by atoms with Crippen LogP contribution in [0.25, 0.3) is 0 Å². The van der Waals surface area contributed by atoms with E-state index in [0.717, 1.165) is 13.0 Å². The van der Waals surface area contributed by atoms with Gasteiger partial charge in [-0.05, 0) is 32.1 Å². The fourth-order valence-electron chi connectivity index (χ4n) is 2.17. The minimum atomic E-state index is -1.02. The summed E-state index contributed by atoms with van der Waals surface area (Å²) in [5, 5.41) is 9.04. The van der Waals surface area contributed by atoms with Crippen LogP contribution in [-0.4, -0.2) is 40.6 Å². The lowest BCUT2D eigenvalue weighted by molar-refractivity contribution is -0.142. The molecule has 0 spiro atoms. The monoisotopic (exact) mass is 228 g/mol. The lowest BCUT2D eigenvalue weighted by Crippen LogP contribution is -2.50. The summed E-state index contributed by atoms with van der Waals surface area (Å²) >= 11 is 0. The highest BCUT2D eigenvalue weighted by atomic mass is 16.4. The van der Waals surface area contributed by atoms with Gasteiger partial charge in [-0.3, -0.25) is 9.69 Å². The van der Waals surface area contributed by atoms with Crippen molar-refractivity contribution in [1.82, 2.24) is 4.90 Å². The highest BCUT2D eigenvalue weighted by Gasteiger charge is 2.42. The maximum Gasteiger partial charge on any atom is 0.325 e. The highest BCUT2D eigenvalue weighted by Crippen LogP contribution is 2.23. The van der Waals surface area contributed by atoms with Gasteiger partial charge in [-0.1, -0.05) is 13.8 Å². The standard InChI is InChI=1S/C12H24N2O2/c1-9(2)4-5-10(3)14-7-6-12(13,8-14)11(15)16/h9-10H,4-8,13H2,1-3H3,(H,15,16). The zero-order chi connectivity index (χ0) is 12.3. The van der Waals surface area contributed by atoms with Crippen LogP contribution in [0.5, 0.6) is 0 Å². The second-order valence-corrected chi connectivity index (χ2v) is 5.50. The van der Waals surface area contributed by atoms with Crippen LogP contribution in [0, 0.1) is 5.92 Å². The van der Waals surface area contributed by atoms with Crippen molar-refractivity contribution >= 4 is 5.97 Å². The molecule has 0 saturated carbocycles. The molecule has 1 rings (SSSR count). The molecule has 94 valence electrons. The number of rotatable bonds is 5. The number of hydrogen-bond donors (Lipinski definition) is 2. The van der Waals surface area contributed by atoms with E-state index in [0.29, 0.717) is 24.9 Å². The van der Waals surface area contributed by atoms with E-state index in [-0.39, 0.29) is 0 Å². The summed E-state index contributed by atoms with van der Waals surface area (Å²) in [5.41, 5.74) is 4.82. The summed E-state index contributed by atoms with van der Waals surface area (Å²) in [6.45, 7) is 7.88. The van der Waals surface area contributed by atoms with E-state index in [1.807, 2.05) is 0 Å². The number of nitrogens with zero attached hydrogens (tertiary/aromatic N) is 1. The molecule has 4 nitrogen and oxygen atoms in total. The fraction of sp³-hybridized carbons (Fsp3) is 0.917. The van der Waals surface area contributed by atoms with Crippen molar-refractivity contribution in [3.05, 3.63) is 0 Å². The molecule has 0 aromatic carbocycles. The van der Waals surface area contributed by atoms with E-state index in [2.05, 4.69) is 25.7 Å². The first-order valence-corrected chi connectivity index (χ1v) is 6.11. The molecule has 1 fully saturated rings. The van der Waals surface area contributed by atoms with Crippen LogP contribution < -0.4 is 5.73 Å². The lowest BCUT2D eigenvalue weighted by atomic mass is 10.0. The van der Waals surface area contributed by atoms with Crippen LogP contribution in [0.3, 0.4) is 0 Å². The summed E-state index contributed by atoms with van der Waals surface area (Å²) in [4.78, 5) is 13.2. The Morgan fingerprint density at radius 1 is 1.44 bits per heavy atom. The van der Waals surface area contributed by atoms with Gasteiger partial charge in [0, 0.05) is 19.1 Å². The summed E-state index contributed by atoms with van der Waals surface area (Å²) in [6, 6.07) is 0.437. The van der Waals surface area contributed by atoms with Gasteiger partial charge in [0.25, 0.3) is 0 Å². The third-order valence-electron chi connectivity index (χ3n) is 3.54. The van der Waals surface area contributed by atoms with Crippen molar-refractivity contribution in [2.45, 2.75) is 51.6 Å². The van der Waals surface area contributed by atoms with E-state index in [1.165, 1.54) is 6.42 Å². The number of likely N-dealkylation sites (tertiary alicyclic amines) is 1. The van der Waals surface area contributed by atoms with Gasteiger partial charge in [0.05, 0.1) is 0 Å². The Kier molecular flexibility index (Phi) is 4.33. The number of nitrogens with two attached hydrogens (primary N) is 1. The Morgan fingerprint density at radius 3 is 2.50 bits per heavy atom. The van der Waals surface area contributed by atoms with Crippen LogP contribution in [0.1, 0.15) is 40.0 Å². The Morgan fingerprint density at radius 2 is 2.06 bits per heavy atom. The maximum absolute atomic E-state index is 11.0. The third-order valence-corrected chi connectivity index (χ3v) is 3.54. The molecule has 2 unspecified atom stereocenters. The predicted octanol–water partition coefficient (Wildman–Crippen LogP) is 1.30. The number of carbonyl (C=O) groups is 1.